The highest BCUT2D eigenvalue weighted by Gasteiger charge is 2.45. The highest BCUT2D eigenvalue weighted by atomic mass is 16.6. The SMILES string of the molecule is CC.CC(C)(C)C.CC(C)(C)[N+]1(O)CCC1.N. The van der Waals surface area contributed by atoms with Gasteiger partial charge in [-0.1, -0.05) is 41.5 Å². The van der Waals surface area contributed by atoms with Gasteiger partial charge in [0.25, 0.3) is 0 Å². The van der Waals surface area contributed by atoms with Crippen LogP contribution in [0.2, 0.25) is 0 Å². The summed E-state index contributed by atoms with van der Waals surface area (Å²) >= 11 is 0. The average molecular weight is 249 g/mol. The van der Waals surface area contributed by atoms with Crippen LogP contribution in [0.1, 0.15) is 68.7 Å². The molecule has 108 valence electrons. The molecule has 0 saturated carbocycles. The van der Waals surface area contributed by atoms with Gasteiger partial charge in [-0.25, -0.2) is 5.21 Å². The lowest BCUT2D eigenvalue weighted by atomic mass is 10.00. The molecule has 0 aliphatic carbocycles. The van der Waals surface area contributed by atoms with Gasteiger partial charge in [0, 0.05) is 0 Å². The van der Waals surface area contributed by atoms with Crippen LogP contribution < -0.4 is 6.15 Å². The highest BCUT2D eigenvalue weighted by molar-refractivity contribution is 4.64. The van der Waals surface area contributed by atoms with Crippen LogP contribution in [0.4, 0.5) is 0 Å². The molecule has 3 heteroatoms. The Bertz CT molecular complexity index is 168. The molecule has 0 aromatic heterocycles. The molecule has 0 aromatic carbocycles. The molecule has 0 atom stereocenters. The maximum Gasteiger partial charge on any atom is 0.120 e. The van der Waals surface area contributed by atoms with E-state index in [-0.39, 0.29) is 16.3 Å². The van der Waals surface area contributed by atoms with Crippen molar-refractivity contribution in [2.45, 2.75) is 74.3 Å². The zero-order valence-corrected chi connectivity index (χ0v) is 13.7. The van der Waals surface area contributed by atoms with Gasteiger partial charge in [0.05, 0.1) is 6.42 Å². The van der Waals surface area contributed by atoms with Crippen LogP contribution in [0.3, 0.4) is 0 Å². The molecular formula is C14H37N2O+. The van der Waals surface area contributed by atoms with Crippen LogP contribution in [-0.4, -0.2) is 28.5 Å². The summed E-state index contributed by atoms with van der Waals surface area (Å²) in [6, 6.07) is 0. The summed E-state index contributed by atoms with van der Waals surface area (Å²) in [6.07, 6.45) is 1.17. The third-order valence-corrected chi connectivity index (χ3v) is 2.30. The fourth-order valence-corrected chi connectivity index (χ4v) is 1.13. The topological polar surface area (TPSA) is 55.2 Å². The van der Waals surface area contributed by atoms with Gasteiger partial charge < -0.3 is 6.15 Å². The number of hydrogen-bond donors (Lipinski definition) is 2. The van der Waals surface area contributed by atoms with E-state index in [1.54, 1.807) is 0 Å². The average Bonchev–Trinajstić information content (AvgIpc) is 1.99. The Morgan fingerprint density at radius 3 is 1.06 bits per heavy atom. The first-order valence-corrected chi connectivity index (χ1v) is 6.56. The molecule has 17 heavy (non-hydrogen) atoms. The zero-order chi connectivity index (χ0) is 13.6. The van der Waals surface area contributed by atoms with E-state index in [1.807, 2.05) is 13.8 Å². The van der Waals surface area contributed by atoms with Crippen molar-refractivity contribution in [1.82, 2.24) is 6.15 Å². The monoisotopic (exact) mass is 249 g/mol. The van der Waals surface area contributed by atoms with Crippen molar-refractivity contribution in [2.75, 3.05) is 13.1 Å². The minimum atomic E-state index is 0. The summed E-state index contributed by atoms with van der Waals surface area (Å²) in [6.45, 7) is 20.8. The Hall–Kier alpha value is -0.120. The Morgan fingerprint density at radius 2 is 1.06 bits per heavy atom. The fourth-order valence-electron chi connectivity index (χ4n) is 1.13. The molecule has 1 aliphatic rings. The van der Waals surface area contributed by atoms with Crippen molar-refractivity contribution in [3.05, 3.63) is 0 Å². The lowest BCUT2D eigenvalue weighted by molar-refractivity contribution is -1.16. The summed E-state index contributed by atoms with van der Waals surface area (Å²) in [5.74, 6) is 0. The molecule has 3 nitrogen and oxygen atoms in total. The van der Waals surface area contributed by atoms with Gasteiger partial charge in [-0.3, -0.25) is 0 Å². The Morgan fingerprint density at radius 1 is 0.824 bits per heavy atom. The van der Waals surface area contributed by atoms with Gasteiger partial charge >= 0.3 is 0 Å². The van der Waals surface area contributed by atoms with E-state index in [1.165, 1.54) is 6.42 Å². The largest absolute Gasteiger partial charge is 0.344 e. The molecule has 1 rings (SSSR count). The molecule has 0 bridgehead atoms. The maximum absolute atomic E-state index is 9.68. The number of nitrogens with zero attached hydrogens (tertiary/aromatic N) is 1. The van der Waals surface area contributed by atoms with Gasteiger partial charge in [-0.2, -0.15) is 4.65 Å². The number of rotatable bonds is 0. The predicted molar refractivity (Wildman–Crippen MR) is 77.7 cm³/mol. The molecule has 1 fully saturated rings. The second-order valence-corrected chi connectivity index (χ2v) is 6.89. The molecule has 0 spiro atoms. The fraction of sp³-hybridized carbons (Fsp3) is 1.00. The Labute approximate surface area is 109 Å². The first kappa shape index (κ1) is 22.1. The molecule has 1 saturated heterocycles. The summed E-state index contributed by atoms with van der Waals surface area (Å²) in [5, 5.41) is 9.68. The highest BCUT2D eigenvalue weighted by Crippen LogP contribution is 2.28. The van der Waals surface area contributed by atoms with E-state index in [0.29, 0.717) is 5.41 Å². The van der Waals surface area contributed by atoms with Crippen molar-refractivity contribution < 1.29 is 9.85 Å². The third kappa shape index (κ3) is 10.7. The van der Waals surface area contributed by atoms with E-state index < -0.39 is 0 Å². The molecule has 0 aromatic rings. The van der Waals surface area contributed by atoms with Crippen molar-refractivity contribution in [3.8, 4) is 0 Å². The number of likely N-dealkylation sites (tertiary alicyclic amines) is 1. The van der Waals surface area contributed by atoms with Crippen LogP contribution in [0, 0.1) is 5.41 Å². The maximum atomic E-state index is 9.68. The summed E-state index contributed by atoms with van der Waals surface area (Å²) in [4.78, 5) is 0. The van der Waals surface area contributed by atoms with Gasteiger partial charge in [0.2, 0.25) is 0 Å². The van der Waals surface area contributed by atoms with Crippen LogP contribution in [0.15, 0.2) is 0 Å². The Balaban J connectivity index is -0.000000213. The summed E-state index contributed by atoms with van der Waals surface area (Å²) in [5.41, 5.74) is 0.526. The Kier molecular flexibility index (Phi) is 10.5. The van der Waals surface area contributed by atoms with Crippen molar-refractivity contribution in [3.63, 3.8) is 0 Å². The zero-order valence-electron chi connectivity index (χ0n) is 13.7. The van der Waals surface area contributed by atoms with Crippen molar-refractivity contribution in [1.29, 1.82) is 0 Å². The second kappa shape index (κ2) is 8.06. The van der Waals surface area contributed by atoms with E-state index >= 15 is 0 Å². The first-order chi connectivity index (χ1) is 6.96. The van der Waals surface area contributed by atoms with E-state index in [0.717, 1.165) is 13.1 Å². The molecule has 1 aliphatic heterocycles. The second-order valence-electron chi connectivity index (χ2n) is 6.89. The van der Waals surface area contributed by atoms with Gasteiger partial charge in [0.1, 0.15) is 18.6 Å². The van der Waals surface area contributed by atoms with Gasteiger partial charge in [0.15, 0.2) is 0 Å². The van der Waals surface area contributed by atoms with E-state index in [4.69, 9.17) is 0 Å². The van der Waals surface area contributed by atoms with Crippen molar-refractivity contribution in [2.24, 2.45) is 5.41 Å². The minimum absolute atomic E-state index is 0. The molecule has 1 heterocycles. The lowest BCUT2D eigenvalue weighted by Gasteiger charge is -2.47. The minimum Gasteiger partial charge on any atom is -0.344 e. The lowest BCUT2D eigenvalue weighted by Crippen LogP contribution is -2.65. The third-order valence-electron chi connectivity index (χ3n) is 2.30. The van der Waals surface area contributed by atoms with Crippen LogP contribution in [0.5, 0.6) is 0 Å². The quantitative estimate of drug-likeness (QED) is 0.615. The van der Waals surface area contributed by atoms with Gasteiger partial charge in [-0.15, -0.1) is 0 Å². The number of hydroxylamine groups is 3. The summed E-state index contributed by atoms with van der Waals surface area (Å²) < 4.78 is 0.271. The van der Waals surface area contributed by atoms with Crippen LogP contribution >= 0.6 is 0 Å². The molecule has 0 unspecified atom stereocenters. The normalized spacial score (nSPS) is 17.3. The number of quaternary nitrogens is 1. The predicted octanol–water partition coefficient (Wildman–Crippen LogP) is 4.64. The smallest absolute Gasteiger partial charge is 0.120 e. The summed E-state index contributed by atoms with van der Waals surface area (Å²) in [7, 11) is 0. The van der Waals surface area contributed by atoms with Crippen LogP contribution in [-0.2, 0) is 0 Å². The van der Waals surface area contributed by atoms with Crippen LogP contribution in [0.25, 0.3) is 0 Å². The van der Waals surface area contributed by atoms with Crippen molar-refractivity contribution >= 4 is 0 Å². The molecule has 0 radical (unpaired) electrons. The molecule has 4 N–H and O–H groups in total. The van der Waals surface area contributed by atoms with E-state index in [2.05, 4.69) is 48.5 Å². The molecule has 0 amide bonds. The first-order valence-electron chi connectivity index (χ1n) is 6.56. The molecular weight excluding hydrogens is 212 g/mol. The van der Waals surface area contributed by atoms with Gasteiger partial charge in [-0.05, 0) is 26.2 Å². The standard InChI is InChI=1S/C7H16NO.C5H12.C2H6.H3N/c1-7(2,3)8(9)5-4-6-8;1-5(2,3)4;1-2;/h9H,4-6H2,1-3H3;1-4H3;1-2H3;1H3/q+1;;;. The van der Waals surface area contributed by atoms with E-state index in [9.17, 15) is 5.21 Å². The number of hydrogen-bond acceptors (Lipinski definition) is 2.